The summed E-state index contributed by atoms with van der Waals surface area (Å²) >= 11 is 11.2. The number of aryl methyl sites for hydroxylation is 1. The lowest BCUT2D eigenvalue weighted by Crippen LogP contribution is -2.27. The van der Waals surface area contributed by atoms with Gasteiger partial charge in [0.1, 0.15) is 5.82 Å². The van der Waals surface area contributed by atoms with Crippen LogP contribution in [-0.2, 0) is 32.8 Å². The third-order valence-corrected chi connectivity index (χ3v) is 8.02. The van der Waals surface area contributed by atoms with Crippen molar-refractivity contribution < 1.29 is 16.8 Å². The average molecular weight is 572 g/mol. The van der Waals surface area contributed by atoms with E-state index in [-0.39, 0.29) is 21.5 Å². The maximum absolute atomic E-state index is 12.5. The van der Waals surface area contributed by atoms with E-state index in [4.69, 9.17) is 28.3 Å². The lowest BCUT2D eigenvalue weighted by atomic mass is 10.2. The molecule has 1 aromatic rings. The zero-order valence-electron chi connectivity index (χ0n) is 21.9. The van der Waals surface area contributed by atoms with E-state index in [1.807, 2.05) is 54.5 Å². The number of halogens is 2. The van der Waals surface area contributed by atoms with Gasteiger partial charge in [0.15, 0.2) is 0 Å². The standard InChI is InChI=1S/C13H21N3O2S.C6H7Cl2NO2S.2C2H6/c1-5-9-10-11(6-2)19(17,18)13-15-14-12(7-3)16(13)8-4;7-5-2-1-4(3-6(5)8)12(9,10)11;2*1-2/h6,9-10H,5,7-8H2,1-4H3;2-4H,1H2,(H2,9,10,11);2*1-2H3/b10-9-,11-6+;;;. The first kappa shape index (κ1) is 35.7. The highest BCUT2D eigenvalue weighted by molar-refractivity contribution is 7.95. The molecule has 0 saturated carbocycles. The smallest absolute Gasteiger partial charge is 0.254 e. The van der Waals surface area contributed by atoms with Crippen LogP contribution in [0.5, 0.6) is 0 Å². The van der Waals surface area contributed by atoms with Crippen molar-refractivity contribution >= 4 is 43.1 Å². The summed E-state index contributed by atoms with van der Waals surface area (Å²) in [5, 5.41) is 12.6. The van der Waals surface area contributed by atoms with E-state index in [9.17, 15) is 16.8 Å². The Morgan fingerprint density at radius 2 is 1.66 bits per heavy atom. The van der Waals surface area contributed by atoms with Crippen molar-refractivity contribution in [1.82, 2.24) is 14.8 Å². The number of allylic oxidation sites excluding steroid dienone is 6. The monoisotopic (exact) mass is 570 g/mol. The van der Waals surface area contributed by atoms with E-state index in [2.05, 4.69) is 10.2 Å². The Hall–Kier alpha value is -1.46. The Morgan fingerprint density at radius 1 is 1.09 bits per heavy atom. The minimum absolute atomic E-state index is 0.0284. The van der Waals surface area contributed by atoms with Crippen LogP contribution in [0.25, 0.3) is 0 Å². The van der Waals surface area contributed by atoms with E-state index >= 15 is 0 Å². The van der Waals surface area contributed by atoms with Gasteiger partial charge in [0, 0.05) is 13.0 Å². The van der Waals surface area contributed by atoms with Crippen molar-refractivity contribution in [3.8, 4) is 0 Å². The number of nitrogens with two attached hydrogens (primary N) is 1. The summed E-state index contributed by atoms with van der Waals surface area (Å²) in [5.41, 5.74) is 0. The van der Waals surface area contributed by atoms with Crippen LogP contribution in [0.4, 0.5) is 0 Å². The van der Waals surface area contributed by atoms with Crippen molar-refractivity contribution in [3.63, 3.8) is 0 Å². The molecule has 0 aromatic carbocycles. The third kappa shape index (κ3) is 11.0. The lowest BCUT2D eigenvalue weighted by molar-refractivity contribution is 0.569. The number of hydrogen-bond acceptors (Lipinski definition) is 6. The lowest BCUT2D eigenvalue weighted by Gasteiger charge is -2.13. The molecule has 2 N–H and O–H groups in total. The molecule has 0 fully saturated rings. The SMILES string of the molecule is C/C=C(\C=C/CC)S(=O)(=O)c1nnc(CC)n1CC.CC.CC.NS(=O)(=O)C1C=C(Cl)C(Cl)=CC1. The van der Waals surface area contributed by atoms with Crippen LogP contribution in [0.3, 0.4) is 0 Å². The molecule has 0 aliphatic heterocycles. The van der Waals surface area contributed by atoms with Crippen LogP contribution in [0.1, 0.15) is 74.1 Å². The van der Waals surface area contributed by atoms with Crippen LogP contribution in [0, 0.1) is 0 Å². The largest absolute Gasteiger partial charge is 0.302 e. The molecular weight excluding hydrogens is 531 g/mol. The number of rotatable bonds is 7. The molecule has 1 aromatic heterocycles. The van der Waals surface area contributed by atoms with Crippen LogP contribution < -0.4 is 5.14 Å². The Kier molecular flexibility index (Phi) is 18.2. The first-order valence-corrected chi connectivity index (χ1v) is 15.5. The number of nitrogens with zero attached hydrogens (tertiary/aromatic N) is 3. The molecule has 1 atom stereocenters. The fourth-order valence-corrected chi connectivity index (χ4v) is 5.25. The normalized spacial score (nSPS) is 16.1. The van der Waals surface area contributed by atoms with Crippen LogP contribution in [0.2, 0.25) is 0 Å². The highest BCUT2D eigenvalue weighted by Crippen LogP contribution is 2.27. The summed E-state index contributed by atoms with van der Waals surface area (Å²) in [4.78, 5) is 0.263. The van der Waals surface area contributed by atoms with Gasteiger partial charge in [0.25, 0.3) is 5.16 Å². The molecule has 202 valence electrons. The minimum Gasteiger partial charge on any atom is -0.302 e. The van der Waals surface area contributed by atoms with Gasteiger partial charge in [-0.15, -0.1) is 10.2 Å². The molecule has 1 aliphatic rings. The van der Waals surface area contributed by atoms with E-state index in [0.717, 1.165) is 6.42 Å². The Bertz CT molecular complexity index is 1100. The van der Waals surface area contributed by atoms with Gasteiger partial charge in [0.2, 0.25) is 19.9 Å². The van der Waals surface area contributed by atoms with E-state index in [1.54, 1.807) is 29.7 Å². The molecule has 35 heavy (non-hydrogen) atoms. The van der Waals surface area contributed by atoms with Crippen LogP contribution in [0.15, 0.2) is 50.5 Å². The number of primary sulfonamides is 1. The average Bonchev–Trinajstić information content (AvgIpc) is 3.27. The molecule has 8 nitrogen and oxygen atoms in total. The fraction of sp³-hybridized carbons (Fsp3) is 0.565. The maximum atomic E-state index is 12.5. The molecule has 0 bridgehead atoms. The number of sulfonamides is 1. The van der Waals surface area contributed by atoms with Gasteiger partial charge in [-0.1, -0.05) is 83.0 Å². The molecule has 1 aliphatic carbocycles. The van der Waals surface area contributed by atoms with Gasteiger partial charge in [0.05, 0.1) is 20.2 Å². The van der Waals surface area contributed by atoms with Crippen molar-refractivity contribution in [2.45, 2.75) is 91.6 Å². The molecule has 0 amide bonds. The first-order chi connectivity index (χ1) is 16.4. The number of aromatic nitrogens is 3. The van der Waals surface area contributed by atoms with Crippen LogP contribution >= 0.6 is 23.2 Å². The maximum Gasteiger partial charge on any atom is 0.254 e. The van der Waals surface area contributed by atoms with E-state index in [0.29, 0.717) is 23.8 Å². The molecule has 0 radical (unpaired) electrons. The molecule has 2 rings (SSSR count). The number of hydrogen-bond donors (Lipinski definition) is 1. The van der Waals surface area contributed by atoms with Gasteiger partial charge in [-0.05, 0) is 38.8 Å². The fourth-order valence-electron chi connectivity index (χ4n) is 2.63. The van der Waals surface area contributed by atoms with Crippen molar-refractivity contribution in [3.05, 3.63) is 51.2 Å². The Morgan fingerprint density at radius 3 is 2.06 bits per heavy atom. The first-order valence-electron chi connectivity index (χ1n) is 11.7. The molecule has 1 unspecified atom stereocenters. The summed E-state index contributed by atoms with van der Waals surface area (Å²) in [6.45, 7) is 16.0. The molecular formula is C23H40Cl2N4O4S2. The van der Waals surface area contributed by atoms with Gasteiger partial charge < -0.3 is 4.57 Å². The highest BCUT2D eigenvalue weighted by Gasteiger charge is 2.26. The van der Waals surface area contributed by atoms with E-state index in [1.165, 1.54) is 6.08 Å². The molecule has 1 heterocycles. The second-order valence-electron chi connectivity index (χ2n) is 6.43. The number of sulfone groups is 1. The Labute approximate surface area is 222 Å². The van der Waals surface area contributed by atoms with E-state index < -0.39 is 25.1 Å². The quantitative estimate of drug-likeness (QED) is 0.410. The second kappa shape index (κ2) is 17.9. The zero-order chi connectivity index (χ0) is 27.8. The highest BCUT2D eigenvalue weighted by atomic mass is 35.5. The summed E-state index contributed by atoms with van der Waals surface area (Å²) in [7, 11) is -7.14. The summed E-state index contributed by atoms with van der Waals surface area (Å²) in [5.74, 6) is 0.691. The van der Waals surface area contributed by atoms with Crippen molar-refractivity contribution in [2.24, 2.45) is 5.14 Å². The van der Waals surface area contributed by atoms with Gasteiger partial charge in [-0.3, -0.25) is 0 Å². The van der Waals surface area contributed by atoms with Crippen molar-refractivity contribution in [2.75, 3.05) is 0 Å². The van der Waals surface area contributed by atoms with Gasteiger partial charge in [-0.2, -0.15) is 0 Å². The Balaban J connectivity index is 0. The third-order valence-electron chi connectivity index (χ3n) is 4.29. The molecule has 12 heteroatoms. The molecule has 0 saturated heterocycles. The predicted molar refractivity (Wildman–Crippen MR) is 148 cm³/mol. The van der Waals surface area contributed by atoms with Crippen LogP contribution in [-0.4, -0.2) is 36.8 Å². The summed E-state index contributed by atoms with van der Waals surface area (Å²) in [6, 6.07) is 0. The minimum atomic E-state index is -3.59. The topological polar surface area (TPSA) is 125 Å². The predicted octanol–water partition coefficient (Wildman–Crippen LogP) is 5.85. The van der Waals surface area contributed by atoms with Gasteiger partial charge >= 0.3 is 0 Å². The molecule has 0 spiro atoms. The second-order valence-corrected chi connectivity index (χ2v) is 10.9. The summed E-state index contributed by atoms with van der Waals surface area (Å²) < 4.78 is 48.4. The van der Waals surface area contributed by atoms with Gasteiger partial charge in [-0.25, -0.2) is 22.0 Å². The zero-order valence-corrected chi connectivity index (χ0v) is 25.1. The summed E-state index contributed by atoms with van der Waals surface area (Å²) in [6.07, 6.45) is 9.64. The van der Waals surface area contributed by atoms with Crippen molar-refractivity contribution in [1.29, 1.82) is 0 Å².